The third-order valence-corrected chi connectivity index (χ3v) is 5.72. The number of sulfonamides is 1. The van der Waals surface area contributed by atoms with Crippen molar-refractivity contribution < 1.29 is 18.3 Å². The van der Waals surface area contributed by atoms with E-state index in [1.807, 2.05) is 35.8 Å². The summed E-state index contributed by atoms with van der Waals surface area (Å²) in [6.45, 7) is 2.01. The molecule has 1 aromatic heterocycles. The molecule has 3 aromatic rings. The number of rotatable bonds is 8. The molecule has 152 valence electrons. The summed E-state index contributed by atoms with van der Waals surface area (Å²) < 4.78 is 27.2. The van der Waals surface area contributed by atoms with Gasteiger partial charge in [-0.05, 0) is 36.8 Å². The van der Waals surface area contributed by atoms with Crippen molar-refractivity contribution in [3.05, 3.63) is 71.0 Å². The molecule has 2 aromatic carbocycles. The van der Waals surface area contributed by atoms with Crippen molar-refractivity contribution >= 4 is 27.8 Å². The maximum atomic E-state index is 11.5. The topological polar surface area (TPSA) is 114 Å². The van der Waals surface area contributed by atoms with Crippen LogP contribution in [0.25, 0.3) is 5.69 Å². The molecule has 0 radical (unpaired) electrons. The molecule has 0 aliphatic heterocycles. The SMILES string of the molecule is Cc1ccc(-n2c(CNS(C)(=O)=O)nnc2SCc2ccc(C(=O)O)cc2)cc1. The van der Waals surface area contributed by atoms with Crippen LogP contribution in [0.15, 0.2) is 53.7 Å². The van der Waals surface area contributed by atoms with Gasteiger partial charge in [-0.25, -0.2) is 17.9 Å². The molecule has 0 fully saturated rings. The summed E-state index contributed by atoms with van der Waals surface area (Å²) in [7, 11) is -3.37. The minimum Gasteiger partial charge on any atom is -0.478 e. The number of aromatic carboxylic acids is 1. The van der Waals surface area contributed by atoms with Gasteiger partial charge in [0.2, 0.25) is 10.0 Å². The van der Waals surface area contributed by atoms with Gasteiger partial charge in [-0.3, -0.25) is 4.57 Å². The zero-order valence-corrected chi connectivity index (χ0v) is 17.5. The summed E-state index contributed by atoms with van der Waals surface area (Å²) in [5, 5.41) is 18.0. The van der Waals surface area contributed by atoms with Crippen molar-refractivity contribution in [3.63, 3.8) is 0 Å². The minimum absolute atomic E-state index is 0.0214. The number of carboxylic acid groups (broad SMARTS) is 1. The second-order valence-electron chi connectivity index (χ2n) is 6.45. The van der Waals surface area contributed by atoms with Gasteiger partial charge in [0, 0.05) is 11.4 Å². The van der Waals surface area contributed by atoms with Crippen LogP contribution in [0.2, 0.25) is 0 Å². The molecule has 29 heavy (non-hydrogen) atoms. The van der Waals surface area contributed by atoms with Gasteiger partial charge in [0.05, 0.1) is 18.4 Å². The average molecular weight is 433 g/mol. The van der Waals surface area contributed by atoms with Crippen LogP contribution < -0.4 is 4.72 Å². The Labute approximate surface area is 173 Å². The van der Waals surface area contributed by atoms with Crippen molar-refractivity contribution in [2.24, 2.45) is 0 Å². The Morgan fingerprint density at radius 3 is 2.34 bits per heavy atom. The van der Waals surface area contributed by atoms with E-state index in [1.54, 1.807) is 24.3 Å². The highest BCUT2D eigenvalue weighted by atomic mass is 32.2. The van der Waals surface area contributed by atoms with Crippen LogP contribution >= 0.6 is 11.8 Å². The highest BCUT2D eigenvalue weighted by Crippen LogP contribution is 2.26. The molecule has 8 nitrogen and oxygen atoms in total. The van der Waals surface area contributed by atoms with Crippen molar-refractivity contribution in [2.75, 3.05) is 6.26 Å². The first kappa shape index (κ1) is 21.0. The first-order valence-corrected chi connectivity index (χ1v) is 11.5. The van der Waals surface area contributed by atoms with Crippen LogP contribution in [-0.2, 0) is 22.3 Å². The Balaban J connectivity index is 1.86. The van der Waals surface area contributed by atoms with Gasteiger partial charge < -0.3 is 5.11 Å². The van der Waals surface area contributed by atoms with Crippen LogP contribution in [-0.4, -0.2) is 40.5 Å². The Bertz CT molecular complexity index is 1110. The molecule has 1 heterocycles. The van der Waals surface area contributed by atoms with Gasteiger partial charge in [-0.1, -0.05) is 41.6 Å². The molecular weight excluding hydrogens is 412 g/mol. The normalized spacial score (nSPS) is 11.5. The first-order valence-electron chi connectivity index (χ1n) is 8.64. The fraction of sp³-hybridized carbons (Fsp3) is 0.211. The van der Waals surface area contributed by atoms with Crippen LogP contribution in [0.4, 0.5) is 0 Å². The quantitative estimate of drug-likeness (QED) is 0.526. The molecule has 2 N–H and O–H groups in total. The molecule has 0 saturated carbocycles. The average Bonchev–Trinajstić information content (AvgIpc) is 3.08. The fourth-order valence-corrected chi connectivity index (χ4v) is 3.87. The number of nitrogens with zero attached hydrogens (tertiary/aromatic N) is 3. The van der Waals surface area contributed by atoms with E-state index in [-0.39, 0.29) is 12.1 Å². The lowest BCUT2D eigenvalue weighted by Crippen LogP contribution is -2.23. The van der Waals surface area contributed by atoms with Gasteiger partial charge in [-0.2, -0.15) is 0 Å². The van der Waals surface area contributed by atoms with E-state index < -0.39 is 16.0 Å². The Kier molecular flexibility index (Phi) is 6.36. The Morgan fingerprint density at radius 2 is 1.76 bits per heavy atom. The third kappa shape index (κ3) is 5.66. The number of aryl methyl sites for hydroxylation is 1. The molecule has 0 atom stereocenters. The maximum Gasteiger partial charge on any atom is 0.335 e. The number of nitrogens with one attached hydrogen (secondary N) is 1. The van der Waals surface area contributed by atoms with E-state index in [2.05, 4.69) is 14.9 Å². The summed E-state index contributed by atoms with van der Waals surface area (Å²) in [5.41, 5.74) is 3.10. The van der Waals surface area contributed by atoms with Crippen LogP contribution in [0.1, 0.15) is 27.3 Å². The summed E-state index contributed by atoms with van der Waals surface area (Å²) >= 11 is 1.43. The lowest BCUT2D eigenvalue weighted by Gasteiger charge is -2.11. The van der Waals surface area contributed by atoms with E-state index >= 15 is 0 Å². The molecule has 3 rings (SSSR count). The predicted octanol–water partition coefficient (Wildman–Crippen LogP) is 2.62. The largest absolute Gasteiger partial charge is 0.478 e. The molecule has 0 saturated heterocycles. The molecule has 0 bridgehead atoms. The standard InChI is InChI=1S/C19H20N4O4S2/c1-13-3-9-16(10-4-13)23-17(11-20-29(2,26)27)21-22-19(23)28-12-14-5-7-15(8-6-14)18(24)25/h3-10,20H,11-12H2,1-2H3,(H,24,25). The molecular formula is C19H20N4O4S2. The molecule has 0 spiro atoms. The third-order valence-electron chi connectivity index (χ3n) is 4.05. The molecule has 0 amide bonds. The van der Waals surface area contributed by atoms with E-state index in [0.29, 0.717) is 16.7 Å². The second-order valence-corrected chi connectivity index (χ2v) is 9.23. The number of hydrogen-bond donors (Lipinski definition) is 2. The van der Waals surface area contributed by atoms with Crippen molar-refractivity contribution in [2.45, 2.75) is 24.4 Å². The van der Waals surface area contributed by atoms with E-state index in [4.69, 9.17) is 5.11 Å². The van der Waals surface area contributed by atoms with Crippen molar-refractivity contribution in [1.82, 2.24) is 19.5 Å². The van der Waals surface area contributed by atoms with Crippen LogP contribution in [0.3, 0.4) is 0 Å². The second kappa shape index (κ2) is 8.76. The van der Waals surface area contributed by atoms with Gasteiger partial charge in [0.25, 0.3) is 0 Å². The number of thioether (sulfide) groups is 1. The number of aromatic nitrogens is 3. The number of hydrogen-bond acceptors (Lipinski definition) is 6. The smallest absolute Gasteiger partial charge is 0.335 e. The predicted molar refractivity (Wildman–Crippen MR) is 111 cm³/mol. The summed E-state index contributed by atoms with van der Waals surface area (Å²) in [6, 6.07) is 14.4. The van der Waals surface area contributed by atoms with Crippen molar-refractivity contribution in [3.8, 4) is 5.69 Å². The lowest BCUT2D eigenvalue weighted by atomic mass is 10.1. The van der Waals surface area contributed by atoms with Gasteiger partial charge in [0.15, 0.2) is 11.0 Å². The molecule has 0 aliphatic rings. The molecule has 0 aliphatic carbocycles. The van der Waals surface area contributed by atoms with Gasteiger partial charge in [0.1, 0.15) is 0 Å². The monoisotopic (exact) mass is 432 g/mol. The zero-order chi connectivity index (χ0) is 21.0. The highest BCUT2D eigenvalue weighted by Gasteiger charge is 2.16. The Morgan fingerprint density at radius 1 is 1.10 bits per heavy atom. The number of carboxylic acids is 1. The fourth-order valence-electron chi connectivity index (χ4n) is 2.55. The summed E-state index contributed by atoms with van der Waals surface area (Å²) in [4.78, 5) is 11.0. The first-order chi connectivity index (χ1) is 13.7. The Hall–Kier alpha value is -2.69. The van der Waals surface area contributed by atoms with E-state index in [1.165, 1.54) is 11.8 Å². The molecule has 10 heteroatoms. The van der Waals surface area contributed by atoms with Crippen LogP contribution in [0, 0.1) is 6.92 Å². The summed E-state index contributed by atoms with van der Waals surface area (Å²) in [5.74, 6) is 0.0676. The van der Waals surface area contributed by atoms with Gasteiger partial charge >= 0.3 is 5.97 Å². The van der Waals surface area contributed by atoms with Crippen molar-refractivity contribution in [1.29, 1.82) is 0 Å². The lowest BCUT2D eigenvalue weighted by molar-refractivity contribution is 0.0697. The summed E-state index contributed by atoms with van der Waals surface area (Å²) in [6.07, 6.45) is 1.09. The van der Waals surface area contributed by atoms with E-state index in [9.17, 15) is 13.2 Å². The number of benzene rings is 2. The van der Waals surface area contributed by atoms with E-state index in [0.717, 1.165) is 23.1 Å². The van der Waals surface area contributed by atoms with Gasteiger partial charge in [-0.15, -0.1) is 10.2 Å². The van der Waals surface area contributed by atoms with Crippen LogP contribution in [0.5, 0.6) is 0 Å². The minimum atomic E-state index is -3.37. The highest BCUT2D eigenvalue weighted by molar-refractivity contribution is 7.98. The number of carbonyl (C=O) groups is 1. The zero-order valence-electron chi connectivity index (χ0n) is 15.9. The molecule has 0 unspecified atom stereocenters. The maximum absolute atomic E-state index is 11.5.